The Bertz CT molecular complexity index is 2700. The summed E-state index contributed by atoms with van der Waals surface area (Å²) in [5, 5.41) is 2.24. The number of ether oxygens (including phenoxy) is 1. The molecule has 9 rings (SSSR count). The van der Waals surface area contributed by atoms with E-state index in [1.165, 1.54) is 22.3 Å². The molecule has 0 unspecified atom stereocenters. The number of pyridine rings is 1. The maximum absolute atomic E-state index is 6.58. The van der Waals surface area contributed by atoms with Crippen molar-refractivity contribution in [1.29, 1.82) is 0 Å². The first kappa shape index (κ1) is 37.3. The summed E-state index contributed by atoms with van der Waals surface area (Å²) < 4.78 is 8.77. The van der Waals surface area contributed by atoms with Gasteiger partial charge in [0.25, 0.3) is 0 Å². The molecule has 0 atom stereocenters. The van der Waals surface area contributed by atoms with Gasteiger partial charge in [0.05, 0.1) is 0 Å². The van der Waals surface area contributed by atoms with Gasteiger partial charge in [-0.15, -0.1) is 48.1 Å². The Hall–Kier alpha value is -5.64. The fraction of sp³-hybridized carbons (Fsp3) is 0.160. The van der Waals surface area contributed by atoms with Crippen molar-refractivity contribution in [3.05, 3.63) is 176 Å². The van der Waals surface area contributed by atoms with E-state index in [0.717, 1.165) is 50.4 Å². The van der Waals surface area contributed by atoms with Crippen LogP contribution >= 0.6 is 0 Å². The van der Waals surface area contributed by atoms with Gasteiger partial charge in [-0.3, -0.25) is 0 Å². The molecule has 0 fully saturated rings. The summed E-state index contributed by atoms with van der Waals surface area (Å²) in [5.74, 6) is 2.07. The predicted molar refractivity (Wildman–Crippen MR) is 227 cm³/mol. The Morgan fingerprint density at radius 2 is 1.27 bits per heavy atom. The minimum absolute atomic E-state index is 0. The molecule has 1 aliphatic rings. The van der Waals surface area contributed by atoms with Crippen LogP contribution in [0.2, 0.25) is 0 Å². The molecule has 282 valence electrons. The molecule has 3 heterocycles. The molecule has 0 N–H and O–H groups in total. The summed E-state index contributed by atoms with van der Waals surface area (Å²) in [6, 6.07) is 56.0. The Balaban J connectivity index is 0.00000441. The van der Waals surface area contributed by atoms with E-state index in [1.54, 1.807) is 0 Å². The minimum Gasteiger partial charge on any atom is -0.509 e. The number of para-hydroxylation sites is 3. The van der Waals surface area contributed by atoms with Crippen LogP contribution in [-0.4, -0.2) is 9.55 Å². The first-order valence-corrected chi connectivity index (χ1v) is 18.9. The SMILES string of the molecule is CC(C)(C)c1ccnc(-n2c3[c-]c(Oc4[c-]c(N5[CH-]N(c6cccc(C(C)(C)C)c6-c6ccccc6)c6ccccc65)ccc4)ccc3c3ccccc32)c1.[Pt]. The first-order chi connectivity index (χ1) is 26.5. The summed E-state index contributed by atoms with van der Waals surface area (Å²) >= 11 is 0. The average molecular weight is 911 g/mol. The quantitative estimate of drug-likeness (QED) is 0.156. The number of fused-ring (bicyclic) bond motifs is 4. The fourth-order valence-electron chi connectivity index (χ4n) is 7.70. The molecule has 0 aliphatic carbocycles. The molecule has 0 saturated carbocycles. The molecule has 2 aromatic heterocycles. The van der Waals surface area contributed by atoms with Gasteiger partial charge in [0.15, 0.2) is 0 Å². The summed E-state index contributed by atoms with van der Waals surface area (Å²) in [6.07, 6.45) is 1.90. The molecule has 1 aliphatic heterocycles. The second kappa shape index (κ2) is 14.5. The van der Waals surface area contributed by atoms with E-state index in [9.17, 15) is 0 Å². The molecule has 6 aromatic carbocycles. The number of rotatable bonds is 6. The van der Waals surface area contributed by atoms with Gasteiger partial charge in [0.1, 0.15) is 5.82 Å². The van der Waals surface area contributed by atoms with Crippen molar-refractivity contribution in [2.75, 3.05) is 9.80 Å². The largest absolute Gasteiger partial charge is 0.509 e. The van der Waals surface area contributed by atoms with E-state index in [1.807, 2.05) is 24.4 Å². The van der Waals surface area contributed by atoms with Crippen LogP contribution in [0, 0.1) is 18.8 Å². The van der Waals surface area contributed by atoms with Crippen LogP contribution in [0.3, 0.4) is 0 Å². The molecular weight excluding hydrogens is 868 g/mol. The summed E-state index contributed by atoms with van der Waals surface area (Å²) in [4.78, 5) is 9.33. The Labute approximate surface area is 344 Å². The van der Waals surface area contributed by atoms with Gasteiger partial charge >= 0.3 is 0 Å². The first-order valence-electron chi connectivity index (χ1n) is 18.9. The second-order valence-electron chi connectivity index (χ2n) is 16.3. The zero-order valence-electron chi connectivity index (χ0n) is 32.4. The van der Waals surface area contributed by atoms with E-state index < -0.39 is 0 Å². The number of anilines is 4. The number of benzene rings is 6. The van der Waals surface area contributed by atoms with Crippen molar-refractivity contribution < 1.29 is 25.8 Å². The summed E-state index contributed by atoms with van der Waals surface area (Å²) in [7, 11) is 0. The molecule has 0 amide bonds. The van der Waals surface area contributed by atoms with Crippen LogP contribution < -0.4 is 14.5 Å². The molecule has 0 saturated heterocycles. The van der Waals surface area contributed by atoms with E-state index in [2.05, 4.69) is 196 Å². The van der Waals surface area contributed by atoms with Crippen molar-refractivity contribution in [1.82, 2.24) is 9.55 Å². The maximum Gasteiger partial charge on any atom is 0.135 e. The minimum atomic E-state index is -0.0546. The Kier molecular flexibility index (Phi) is 9.63. The third kappa shape index (κ3) is 6.69. The molecule has 5 nitrogen and oxygen atoms in total. The number of nitrogens with zero attached hydrogens (tertiary/aromatic N) is 4. The fourth-order valence-corrected chi connectivity index (χ4v) is 7.70. The molecule has 8 aromatic rings. The van der Waals surface area contributed by atoms with Crippen molar-refractivity contribution in [3.63, 3.8) is 0 Å². The second-order valence-corrected chi connectivity index (χ2v) is 16.3. The van der Waals surface area contributed by atoms with Crippen LogP contribution in [-0.2, 0) is 31.9 Å². The predicted octanol–water partition coefficient (Wildman–Crippen LogP) is 13.2. The van der Waals surface area contributed by atoms with Crippen LogP contribution in [0.15, 0.2) is 146 Å². The van der Waals surface area contributed by atoms with Crippen molar-refractivity contribution in [3.8, 4) is 28.4 Å². The monoisotopic (exact) mass is 910 g/mol. The van der Waals surface area contributed by atoms with Crippen LogP contribution in [0.5, 0.6) is 11.5 Å². The summed E-state index contributed by atoms with van der Waals surface area (Å²) in [6.45, 7) is 15.7. The zero-order valence-corrected chi connectivity index (χ0v) is 34.7. The van der Waals surface area contributed by atoms with E-state index >= 15 is 0 Å². The third-order valence-electron chi connectivity index (χ3n) is 10.4. The van der Waals surface area contributed by atoms with Gasteiger partial charge < -0.3 is 19.1 Å². The standard InChI is InChI=1S/C50H43N4O.Pt/c1-49(2,3)35-28-29-51-47(30-35)54-42-22-11-10-20-39(42)40-27-26-38(32-46(40)54)55-37-19-14-18-36(31-37)52-33-53(44-24-13-12-23-43(44)52)45-25-15-21-41(50(4,5)6)48(45)34-16-8-7-9-17-34;/h7-30,33H,1-6H3;/q-3;. The Morgan fingerprint density at radius 3 is 2.04 bits per heavy atom. The maximum atomic E-state index is 6.58. The third-order valence-corrected chi connectivity index (χ3v) is 10.4. The van der Waals surface area contributed by atoms with Gasteiger partial charge in [-0.2, -0.15) is 12.1 Å². The molecule has 56 heavy (non-hydrogen) atoms. The Morgan fingerprint density at radius 1 is 0.589 bits per heavy atom. The topological polar surface area (TPSA) is 33.5 Å². The van der Waals surface area contributed by atoms with Crippen molar-refractivity contribution in [2.24, 2.45) is 0 Å². The van der Waals surface area contributed by atoms with E-state index in [4.69, 9.17) is 9.72 Å². The van der Waals surface area contributed by atoms with E-state index in [0.29, 0.717) is 11.5 Å². The number of hydrogen-bond acceptors (Lipinski definition) is 4. The number of aromatic nitrogens is 2. The van der Waals surface area contributed by atoms with Gasteiger partial charge in [0, 0.05) is 66.9 Å². The number of hydrogen-bond donors (Lipinski definition) is 0. The molecule has 0 bridgehead atoms. The van der Waals surface area contributed by atoms with Crippen molar-refractivity contribution in [2.45, 2.75) is 52.4 Å². The smallest absolute Gasteiger partial charge is 0.135 e. The van der Waals surface area contributed by atoms with Gasteiger partial charge in [-0.1, -0.05) is 120 Å². The average Bonchev–Trinajstić information content (AvgIpc) is 3.73. The molecule has 0 radical (unpaired) electrons. The van der Waals surface area contributed by atoms with Gasteiger partial charge in [-0.05, 0) is 69.3 Å². The molecule has 6 heteroatoms. The summed E-state index contributed by atoms with van der Waals surface area (Å²) in [5.41, 5.74) is 11.0. The van der Waals surface area contributed by atoms with Crippen LogP contribution in [0.4, 0.5) is 22.7 Å². The normalized spacial score (nSPS) is 12.9. The van der Waals surface area contributed by atoms with Gasteiger partial charge in [-0.25, -0.2) is 4.98 Å². The van der Waals surface area contributed by atoms with Gasteiger partial charge in [0.2, 0.25) is 0 Å². The van der Waals surface area contributed by atoms with Crippen molar-refractivity contribution >= 4 is 44.6 Å². The van der Waals surface area contributed by atoms with E-state index in [-0.39, 0.29) is 31.9 Å². The zero-order chi connectivity index (χ0) is 37.9. The van der Waals surface area contributed by atoms with Crippen LogP contribution in [0.25, 0.3) is 38.8 Å². The molecule has 0 spiro atoms. The molecular formula is C50H43N4OPt-3. The van der Waals surface area contributed by atoms with Crippen LogP contribution in [0.1, 0.15) is 52.7 Å².